The molecule has 1 amide bonds. The molecule has 0 bridgehead atoms. The Balaban J connectivity index is 1.06. The van der Waals surface area contributed by atoms with Crippen LogP contribution in [0.25, 0.3) is 0 Å². The normalized spacial score (nSPS) is 39.0. The molecule has 9 heteroatoms. The van der Waals surface area contributed by atoms with Crippen molar-refractivity contribution in [3.05, 3.63) is 36.0 Å². The number of esters is 1. The number of carbonyl (C=O) groups is 3. The largest absolute Gasteiger partial charge is 0.481 e. The van der Waals surface area contributed by atoms with Gasteiger partial charge in [-0.15, -0.1) is 0 Å². The van der Waals surface area contributed by atoms with Crippen LogP contribution in [-0.4, -0.2) is 60.3 Å². The first kappa shape index (κ1) is 41.2. The summed E-state index contributed by atoms with van der Waals surface area (Å²) in [5.74, 6) is 2.21. The number of fused-ring (bicyclic) bond motifs is 7. The van der Waals surface area contributed by atoms with Crippen molar-refractivity contribution < 1.29 is 29.0 Å². The summed E-state index contributed by atoms with van der Waals surface area (Å²) in [6.45, 7) is 26.1. The highest BCUT2D eigenvalue weighted by Gasteiger charge is 2.71. The molecule has 7 rings (SSSR count). The summed E-state index contributed by atoms with van der Waals surface area (Å²) in [6.07, 6.45) is 13.2. The minimum atomic E-state index is -1.15. The van der Waals surface area contributed by atoms with Gasteiger partial charge < -0.3 is 24.8 Å². The van der Waals surface area contributed by atoms with Crippen LogP contribution in [0.4, 0.5) is 5.82 Å². The predicted molar refractivity (Wildman–Crippen MR) is 219 cm³/mol. The van der Waals surface area contributed by atoms with Crippen molar-refractivity contribution in [2.24, 2.45) is 62.1 Å². The lowest BCUT2D eigenvalue weighted by Crippen LogP contribution is -2.67. The van der Waals surface area contributed by atoms with Gasteiger partial charge in [0.1, 0.15) is 11.9 Å². The maximum Gasteiger partial charge on any atom is 0.309 e. The van der Waals surface area contributed by atoms with Gasteiger partial charge in [-0.2, -0.15) is 0 Å². The molecule has 0 radical (unpaired) electrons. The molecule has 5 aliphatic carbocycles. The third kappa shape index (κ3) is 6.81. The number of rotatable bonds is 10. The molecule has 310 valence electrons. The van der Waals surface area contributed by atoms with Crippen molar-refractivity contribution in [1.29, 1.82) is 0 Å². The number of nitrogens with one attached hydrogen (secondary N) is 1. The van der Waals surface area contributed by atoms with Crippen molar-refractivity contribution in [2.45, 2.75) is 145 Å². The van der Waals surface area contributed by atoms with Crippen LogP contribution in [0.3, 0.4) is 0 Å². The molecule has 5 saturated carbocycles. The fourth-order valence-corrected chi connectivity index (χ4v) is 14.5. The molecule has 2 N–H and O–H groups in total. The molecule has 0 unspecified atom stereocenters. The number of ether oxygens (including phenoxy) is 2. The first-order chi connectivity index (χ1) is 26.3. The quantitative estimate of drug-likeness (QED) is 0.179. The van der Waals surface area contributed by atoms with Gasteiger partial charge in [-0.3, -0.25) is 14.4 Å². The van der Waals surface area contributed by atoms with Crippen molar-refractivity contribution >= 4 is 23.7 Å². The molecule has 0 spiro atoms. The molecule has 6 fully saturated rings. The van der Waals surface area contributed by atoms with Crippen LogP contribution < -0.4 is 10.2 Å². The van der Waals surface area contributed by atoms with E-state index in [1.165, 1.54) is 18.4 Å². The molecule has 1 saturated heterocycles. The van der Waals surface area contributed by atoms with E-state index in [0.29, 0.717) is 42.6 Å². The lowest BCUT2D eigenvalue weighted by molar-refractivity contribution is -0.250. The number of carboxylic acid groups (broad SMARTS) is 1. The number of hydrogen-bond acceptors (Lipinski definition) is 7. The fourth-order valence-electron chi connectivity index (χ4n) is 14.5. The van der Waals surface area contributed by atoms with Crippen LogP contribution in [-0.2, 0) is 30.4 Å². The van der Waals surface area contributed by atoms with Crippen LogP contribution in [0.1, 0.15) is 138 Å². The number of carboxylic acids is 1. The summed E-state index contributed by atoms with van der Waals surface area (Å²) in [4.78, 5) is 45.8. The number of aliphatic carboxylic acids is 1. The minimum absolute atomic E-state index is 0.000248. The average molecular weight is 774 g/mol. The standard InChI is InChI=1S/C47H71N3O6/c1-30(2)32-14-19-47(26-38(51)49-29-31-10-13-37(48-28-31)50-22-24-55-25-23-50)21-20-45(8)33(40(32)47)11-12-35-44(7)17-16-36(56-39(52)27-42(3,4)41(53)54)43(5,6)34(44)15-18-46(35,45)9/h10,13,28,32-36,40H,1,11-12,14-27,29H2,2-9H3,(H,49,51)(H,53,54)/t32-,33+,34-,35+,36-,40+,44-,45+,46+,47+/m0/s1. The van der Waals surface area contributed by atoms with E-state index in [4.69, 9.17) is 14.5 Å². The number of hydrogen-bond donors (Lipinski definition) is 2. The van der Waals surface area contributed by atoms with E-state index in [1.54, 1.807) is 13.8 Å². The Morgan fingerprint density at radius 3 is 2.34 bits per heavy atom. The lowest BCUT2D eigenvalue weighted by Gasteiger charge is -2.73. The van der Waals surface area contributed by atoms with Crippen LogP contribution in [0.5, 0.6) is 0 Å². The maximum atomic E-state index is 14.0. The summed E-state index contributed by atoms with van der Waals surface area (Å²) in [6, 6.07) is 4.16. The number of morpholine rings is 1. The Kier molecular flexibility index (Phi) is 10.8. The average Bonchev–Trinajstić information content (AvgIpc) is 3.52. The molecule has 0 aromatic carbocycles. The Hall–Kier alpha value is -2.94. The summed E-state index contributed by atoms with van der Waals surface area (Å²) in [5, 5.41) is 12.9. The Morgan fingerprint density at radius 1 is 0.946 bits per heavy atom. The molecular weight excluding hydrogens is 703 g/mol. The van der Waals surface area contributed by atoms with Crippen molar-refractivity contribution in [2.75, 3.05) is 31.2 Å². The second-order valence-corrected chi connectivity index (χ2v) is 21.3. The van der Waals surface area contributed by atoms with Crippen molar-refractivity contribution in [1.82, 2.24) is 10.3 Å². The minimum Gasteiger partial charge on any atom is -0.481 e. The highest BCUT2D eigenvalue weighted by Crippen LogP contribution is 2.78. The van der Waals surface area contributed by atoms with Crippen LogP contribution in [0, 0.1) is 62.1 Å². The first-order valence-corrected chi connectivity index (χ1v) is 21.9. The predicted octanol–water partition coefficient (Wildman–Crippen LogP) is 8.99. The second-order valence-electron chi connectivity index (χ2n) is 21.3. The second kappa shape index (κ2) is 14.7. The number of pyridine rings is 1. The van der Waals surface area contributed by atoms with E-state index in [-0.39, 0.29) is 45.5 Å². The van der Waals surface area contributed by atoms with E-state index < -0.39 is 17.4 Å². The van der Waals surface area contributed by atoms with E-state index in [0.717, 1.165) is 89.1 Å². The van der Waals surface area contributed by atoms with Crippen LogP contribution in [0.2, 0.25) is 0 Å². The Labute approximate surface area is 336 Å². The summed E-state index contributed by atoms with van der Waals surface area (Å²) < 4.78 is 11.7. The van der Waals surface area contributed by atoms with Gasteiger partial charge in [-0.1, -0.05) is 52.8 Å². The van der Waals surface area contributed by atoms with Gasteiger partial charge in [-0.25, -0.2) is 4.98 Å². The topological polar surface area (TPSA) is 118 Å². The van der Waals surface area contributed by atoms with Gasteiger partial charge in [-0.05, 0) is 148 Å². The smallest absolute Gasteiger partial charge is 0.309 e. The van der Waals surface area contributed by atoms with Gasteiger partial charge in [0.15, 0.2) is 0 Å². The van der Waals surface area contributed by atoms with E-state index in [2.05, 4.69) is 70.5 Å². The molecule has 2 heterocycles. The van der Waals surface area contributed by atoms with Crippen molar-refractivity contribution in [3.8, 4) is 0 Å². The molecule has 1 aromatic heterocycles. The SMILES string of the molecule is C=C(C)[C@@H]1CC[C@]2(CC(=O)NCc3ccc(N4CCOCC4)nc3)CC[C@]3(C)[C@H](CC[C@@H]4[C@@]5(C)CC[C@H](OC(=O)CC(C)(C)C(=O)O)C(C)(C)[C@@H]5CC[C@]43C)[C@@H]12. The highest BCUT2D eigenvalue weighted by atomic mass is 16.5. The lowest BCUT2D eigenvalue weighted by atomic mass is 9.32. The Morgan fingerprint density at radius 2 is 1.68 bits per heavy atom. The molecular formula is C47H71N3O6. The summed E-state index contributed by atoms with van der Waals surface area (Å²) in [5.41, 5.74) is 1.42. The summed E-state index contributed by atoms with van der Waals surface area (Å²) >= 11 is 0. The molecule has 1 aromatic rings. The van der Waals surface area contributed by atoms with Gasteiger partial charge >= 0.3 is 11.9 Å². The number of carbonyl (C=O) groups excluding carboxylic acids is 2. The van der Waals surface area contributed by atoms with Crippen molar-refractivity contribution in [3.63, 3.8) is 0 Å². The number of anilines is 1. The third-order valence-electron chi connectivity index (χ3n) is 17.8. The Bertz CT molecular complexity index is 1680. The molecule has 10 atom stereocenters. The number of nitrogens with zero attached hydrogens (tertiary/aromatic N) is 2. The monoisotopic (exact) mass is 774 g/mol. The highest BCUT2D eigenvalue weighted by molar-refractivity contribution is 5.81. The van der Waals surface area contributed by atoms with Gasteiger partial charge in [0.2, 0.25) is 5.91 Å². The zero-order valence-corrected chi connectivity index (χ0v) is 35.8. The molecule has 56 heavy (non-hydrogen) atoms. The maximum absolute atomic E-state index is 14.0. The number of aromatic nitrogens is 1. The zero-order valence-electron chi connectivity index (χ0n) is 35.8. The van der Waals surface area contributed by atoms with Gasteiger partial charge in [0.25, 0.3) is 0 Å². The molecule has 6 aliphatic rings. The number of allylic oxidation sites excluding steroid dienone is 1. The van der Waals surface area contributed by atoms with E-state index in [1.807, 2.05) is 6.20 Å². The fraction of sp³-hybridized carbons (Fsp3) is 0.787. The molecule has 9 nitrogen and oxygen atoms in total. The van der Waals surface area contributed by atoms with Gasteiger partial charge in [0, 0.05) is 37.7 Å². The zero-order chi connectivity index (χ0) is 40.5. The van der Waals surface area contributed by atoms with Crippen LogP contribution >= 0.6 is 0 Å². The summed E-state index contributed by atoms with van der Waals surface area (Å²) in [7, 11) is 0. The van der Waals surface area contributed by atoms with E-state index in [9.17, 15) is 19.5 Å². The third-order valence-corrected chi connectivity index (χ3v) is 17.8. The van der Waals surface area contributed by atoms with E-state index >= 15 is 0 Å². The number of amides is 1. The van der Waals surface area contributed by atoms with Crippen LogP contribution in [0.15, 0.2) is 30.5 Å². The first-order valence-electron chi connectivity index (χ1n) is 21.9. The van der Waals surface area contributed by atoms with Gasteiger partial charge in [0.05, 0.1) is 25.0 Å². The molecule has 1 aliphatic heterocycles.